The van der Waals surface area contributed by atoms with Gasteiger partial charge in [-0.2, -0.15) is 0 Å². The third-order valence-corrected chi connectivity index (χ3v) is 3.72. The molecule has 1 aliphatic rings. The van der Waals surface area contributed by atoms with E-state index in [1.54, 1.807) is 12.1 Å². The van der Waals surface area contributed by atoms with Crippen molar-refractivity contribution in [3.05, 3.63) is 35.6 Å². The van der Waals surface area contributed by atoms with E-state index in [4.69, 9.17) is 0 Å². The zero-order valence-electron chi connectivity index (χ0n) is 10.7. The van der Waals surface area contributed by atoms with Gasteiger partial charge in [-0.05, 0) is 49.3 Å². The van der Waals surface area contributed by atoms with Crippen molar-refractivity contribution < 1.29 is 4.39 Å². The number of halogens is 1. The minimum atomic E-state index is -0.147. The lowest BCUT2D eigenvalue weighted by Gasteiger charge is -2.24. The van der Waals surface area contributed by atoms with E-state index in [1.807, 2.05) is 12.1 Å². The molecule has 1 saturated carbocycles. The summed E-state index contributed by atoms with van der Waals surface area (Å²) in [6.45, 7) is 4.44. The fourth-order valence-electron chi connectivity index (χ4n) is 2.38. The Kier molecular flexibility index (Phi) is 4.16. The first-order chi connectivity index (χ1) is 8.24. The molecule has 1 aromatic rings. The molecule has 0 aliphatic heterocycles. The molecule has 0 radical (unpaired) electrons. The van der Waals surface area contributed by atoms with Gasteiger partial charge >= 0.3 is 0 Å². The summed E-state index contributed by atoms with van der Waals surface area (Å²) >= 11 is 0. The molecule has 1 N–H and O–H groups in total. The molecule has 0 heterocycles. The SMILES string of the molecule is CCC(CC)NC(c1ccc(F)cc1)C1CC1. The molecule has 0 aromatic heterocycles. The van der Waals surface area contributed by atoms with Gasteiger partial charge in [0.1, 0.15) is 5.82 Å². The van der Waals surface area contributed by atoms with Gasteiger partial charge in [-0.1, -0.05) is 26.0 Å². The maximum Gasteiger partial charge on any atom is 0.123 e. The van der Waals surface area contributed by atoms with E-state index in [0.29, 0.717) is 12.1 Å². The molecular weight excluding hydrogens is 213 g/mol. The van der Waals surface area contributed by atoms with E-state index in [9.17, 15) is 4.39 Å². The first-order valence-electron chi connectivity index (χ1n) is 6.76. The minimum Gasteiger partial charge on any atom is -0.307 e. The van der Waals surface area contributed by atoms with Crippen LogP contribution in [0.1, 0.15) is 51.1 Å². The van der Waals surface area contributed by atoms with Crippen molar-refractivity contribution in [2.75, 3.05) is 0 Å². The van der Waals surface area contributed by atoms with Crippen molar-refractivity contribution >= 4 is 0 Å². The van der Waals surface area contributed by atoms with Crippen LogP contribution in [0.25, 0.3) is 0 Å². The molecule has 1 aromatic carbocycles. The number of rotatable bonds is 6. The van der Waals surface area contributed by atoms with Gasteiger partial charge in [-0.25, -0.2) is 4.39 Å². The van der Waals surface area contributed by atoms with Crippen molar-refractivity contribution in [1.82, 2.24) is 5.32 Å². The molecular formula is C15H22FN. The van der Waals surface area contributed by atoms with Crippen LogP contribution in [0.4, 0.5) is 4.39 Å². The summed E-state index contributed by atoms with van der Waals surface area (Å²) in [5, 5.41) is 3.73. The Labute approximate surface area is 103 Å². The highest BCUT2D eigenvalue weighted by Gasteiger charge is 2.32. The molecule has 1 aliphatic carbocycles. The van der Waals surface area contributed by atoms with Crippen molar-refractivity contribution in [3.63, 3.8) is 0 Å². The summed E-state index contributed by atoms with van der Waals surface area (Å²) in [6, 6.07) is 7.98. The number of hydrogen-bond acceptors (Lipinski definition) is 1. The first-order valence-corrected chi connectivity index (χ1v) is 6.76. The van der Waals surface area contributed by atoms with Crippen LogP contribution in [0.15, 0.2) is 24.3 Å². The maximum absolute atomic E-state index is 12.9. The Morgan fingerprint density at radius 3 is 2.24 bits per heavy atom. The second-order valence-corrected chi connectivity index (χ2v) is 5.05. The normalized spacial score (nSPS) is 17.4. The second kappa shape index (κ2) is 5.63. The van der Waals surface area contributed by atoms with E-state index in [-0.39, 0.29) is 5.82 Å². The average Bonchev–Trinajstić information content (AvgIpc) is 3.17. The third kappa shape index (κ3) is 3.29. The Morgan fingerprint density at radius 2 is 1.76 bits per heavy atom. The summed E-state index contributed by atoms with van der Waals surface area (Å²) in [7, 11) is 0. The molecule has 2 heteroatoms. The molecule has 0 bridgehead atoms. The minimum absolute atomic E-state index is 0.147. The molecule has 1 fully saturated rings. The van der Waals surface area contributed by atoms with Crippen LogP contribution in [0.3, 0.4) is 0 Å². The van der Waals surface area contributed by atoms with Crippen LogP contribution >= 0.6 is 0 Å². The molecule has 1 unspecified atom stereocenters. The van der Waals surface area contributed by atoms with Gasteiger partial charge in [0.2, 0.25) is 0 Å². The van der Waals surface area contributed by atoms with Gasteiger partial charge < -0.3 is 5.32 Å². The summed E-state index contributed by atoms with van der Waals surface area (Å²) < 4.78 is 12.9. The molecule has 1 nitrogen and oxygen atoms in total. The van der Waals surface area contributed by atoms with Crippen LogP contribution < -0.4 is 5.32 Å². The largest absolute Gasteiger partial charge is 0.307 e. The highest BCUT2D eigenvalue weighted by atomic mass is 19.1. The number of nitrogens with one attached hydrogen (secondary N) is 1. The Hall–Kier alpha value is -0.890. The van der Waals surface area contributed by atoms with Gasteiger partial charge in [0.15, 0.2) is 0 Å². The topological polar surface area (TPSA) is 12.0 Å². The van der Waals surface area contributed by atoms with E-state index in [1.165, 1.54) is 18.4 Å². The molecule has 2 rings (SSSR count). The van der Waals surface area contributed by atoms with Gasteiger partial charge in [-0.3, -0.25) is 0 Å². The summed E-state index contributed by atoms with van der Waals surface area (Å²) in [5.41, 5.74) is 1.24. The first kappa shape index (κ1) is 12.6. The van der Waals surface area contributed by atoms with Crippen LogP contribution in [0.5, 0.6) is 0 Å². The highest BCUT2D eigenvalue weighted by molar-refractivity contribution is 5.22. The van der Waals surface area contributed by atoms with E-state index in [2.05, 4.69) is 19.2 Å². The highest BCUT2D eigenvalue weighted by Crippen LogP contribution is 2.41. The second-order valence-electron chi connectivity index (χ2n) is 5.05. The quantitative estimate of drug-likeness (QED) is 0.784. The van der Waals surface area contributed by atoms with Crippen molar-refractivity contribution in [3.8, 4) is 0 Å². The predicted molar refractivity (Wildman–Crippen MR) is 69.4 cm³/mol. The van der Waals surface area contributed by atoms with Gasteiger partial charge in [0, 0.05) is 12.1 Å². The smallest absolute Gasteiger partial charge is 0.123 e. The van der Waals surface area contributed by atoms with E-state index in [0.717, 1.165) is 18.8 Å². The van der Waals surface area contributed by atoms with Crippen molar-refractivity contribution in [2.24, 2.45) is 5.92 Å². The molecule has 0 amide bonds. The lowest BCUT2D eigenvalue weighted by atomic mass is 10.00. The van der Waals surface area contributed by atoms with Crippen LogP contribution in [-0.2, 0) is 0 Å². The standard InChI is InChI=1S/C15H22FN/c1-3-14(4-2)17-15(11-5-6-11)12-7-9-13(16)10-8-12/h7-11,14-15,17H,3-6H2,1-2H3. The van der Waals surface area contributed by atoms with Gasteiger partial charge in [-0.15, -0.1) is 0 Å². The summed E-state index contributed by atoms with van der Waals surface area (Å²) in [5.74, 6) is 0.604. The monoisotopic (exact) mass is 235 g/mol. The van der Waals surface area contributed by atoms with E-state index < -0.39 is 0 Å². The van der Waals surface area contributed by atoms with Gasteiger partial charge in [0.25, 0.3) is 0 Å². The van der Waals surface area contributed by atoms with Crippen LogP contribution in [0, 0.1) is 11.7 Å². The van der Waals surface area contributed by atoms with Crippen molar-refractivity contribution in [1.29, 1.82) is 0 Å². The Morgan fingerprint density at radius 1 is 1.18 bits per heavy atom. The number of benzene rings is 1. The van der Waals surface area contributed by atoms with Crippen LogP contribution in [-0.4, -0.2) is 6.04 Å². The Bertz CT molecular complexity index is 338. The van der Waals surface area contributed by atoms with Crippen LogP contribution in [0.2, 0.25) is 0 Å². The number of hydrogen-bond donors (Lipinski definition) is 1. The molecule has 17 heavy (non-hydrogen) atoms. The summed E-state index contributed by atoms with van der Waals surface area (Å²) in [6.07, 6.45) is 4.91. The lowest BCUT2D eigenvalue weighted by Crippen LogP contribution is -2.33. The molecule has 0 saturated heterocycles. The zero-order chi connectivity index (χ0) is 12.3. The van der Waals surface area contributed by atoms with Crippen molar-refractivity contribution in [2.45, 2.75) is 51.6 Å². The fraction of sp³-hybridized carbons (Fsp3) is 0.600. The zero-order valence-corrected chi connectivity index (χ0v) is 10.7. The third-order valence-electron chi connectivity index (χ3n) is 3.72. The molecule has 0 spiro atoms. The fourth-order valence-corrected chi connectivity index (χ4v) is 2.38. The average molecular weight is 235 g/mol. The van der Waals surface area contributed by atoms with Gasteiger partial charge in [0.05, 0.1) is 0 Å². The predicted octanol–water partition coefficient (Wildman–Crippen LogP) is 4.06. The maximum atomic E-state index is 12.9. The lowest BCUT2D eigenvalue weighted by molar-refractivity contribution is 0.386. The Balaban J connectivity index is 2.08. The molecule has 1 atom stereocenters. The summed E-state index contributed by atoms with van der Waals surface area (Å²) in [4.78, 5) is 0. The molecule has 94 valence electrons. The van der Waals surface area contributed by atoms with E-state index >= 15 is 0 Å².